The van der Waals surface area contributed by atoms with Crippen molar-refractivity contribution in [1.82, 2.24) is 10.1 Å². The summed E-state index contributed by atoms with van der Waals surface area (Å²) in [6, 6.07) is 4.14. The summed E-state index contributed by atoms with van der Waals surface area (Å²) in [7, 11) is 0. The summed E-state index contributed by atoms with van der Waals surface area (Å²) in [4.78, 5) is 4.14. The lowest BCUT2D eigenvalue weighted by Gasteiger charge is -1.99. The van der Waals surface area contributed by atoms with Gasteiger partial charge in [-0.25, -0.2) is 4.39 Å². The number of hydrogen-bond donors (Lipinski definition) is 1. The highest BCUT2D eigenvalue weighted by Gasteiger charge is 2.14. The van der Waals surface area contributed by atoms with Gasteiger partial charge in [0.15, 0.2) is 0 Å². The van der Waals surface area contributed by atoms with Crippen molar-refractivity contribution < 1.29 is 8.91 Å². The first-order chi connectivity index (χ1) is 8.10. The normalized spacial score (nSPS) is 12.7. The van der Waals surface area contributed by atoms with Gasteiger partial charge in [-0.2, -0.15) is 4.98 Å². The molecular formula is C11H11BrFN3O. The van der Waals surface area contributed by atoms with Gasteiger partial charge >= 0.3 is 0 Å². The van der Waals surface area contributed by atoms with Crippen LogP contribution in [-0.2, 0) is 0 Å². The van der Waals surface area contributed by atoms with Gasteiger partial charge in [-0.1, -0.05) is 28.0 Å². The maximum Gasteiger partial charge on any atom is 0.243 e. The lowest BCUT2D eigenvalue weighted by Crippen LogP contribution is -2.08. The minimum Gasteiger partial charge on any atom is -0.337 e. The molecule has 2 N–H and O–H groups in total. The van der Waals surface area contributed by atoms with Gasteiger partial charge in [0, 0.05) is 10.0 Å². The number of nitrogens with two attached hydrogens (primary N) is 1. The molecule has 1 heterocycles. The van der Waals surface area contributed by atoms with Crippen molar-refractivity contribution in [2.75, 3.05) is 0 Å². The van der Waals surface area contributed by atoms with Crippen molar-refractivity contribution in [3.05, 3.63) is 34.4 Å². The van der Waals surface area contributed by atoms with Gasteiger partial charge in [-0.05, 0) is 24.6 Å². The van der Waals surface area contributed by atoms with Gasteiger partial charge < -0.3 is 10.3 Å². The van der Waals surface area contributed by atoms with E-state index in [4.69, 9.17) is 10.3 Å². The Hall–Kier alpha value is -1.27. The predicted octanol–water partition coefficient (Wildman–Crippen LogP) is 3.05. The molecule has 0 aliphatic heterocycles. The van der Waals surface area contributed by atoms with Crippen LogP contribution in [0, 0.1) is 5.82 Å². The molecule has 4 nitrogen and oxygen atoms in total. The highest BCUT2D eigenvalue weighted by Crippen LogP contribution is 2.23. The first-order valence-corrected chi connectivity index (χ1v) is 5.95. The van der Waals surface area contributed by atoms with Crippen molar-refractivity contribution in [3.63, 3.8) is 0 Å². The average molecular weight is 300 g/mol. The maximum atomic E-state index is 13.2. The Morgan fingerprint density at radius 1 is 1.47 bits per heavy atom. The van der Waals surface area contributed by atoms with Crippen molar-refractivity contribution in [1.29, 1.82) is 0 Å². The second kappa shape index (κ2) is 4.93. The molecule has 2 aromatic rings. The SMILES string of the molecule is CCC(N)c1nc(-c2cc(F)cc(Br)c2)no1. The Morgan fingerprint density at radius 2 is 2.24 bits per heavy atom. The van der Waals surface area contributed by atoms with E-state index < -0.39 is 0 Å². The summed E-state index contributed by atoms with van der Waals surface area (Å²) in [6.07, 6.45) is 0.703. The number of nitrogens with zero attached hydrogens (tertiary/aromatic N) is 2. The largest absolute Gasteiger partial charge is 0.337 e. The van der Waals surface area contributed by atoms with E-state index in [1.165, 1.54) is 12.1 Å². The van der Waals surface area contributed by atoms with Crippen molar-refractivity contribution in [2.24, 2.45) is 5.73 Å². The zero-order chi connectivity index (χ0) is 12.4. The lowest BCUT2D eigenvalue weighted by atomic mass is 10.2. The second-order valence-electron chi connectivity index (χ2n) is 3.63. The molecule has 0 bridgehead atoms. The van der Waals surface area contributed by atoms with Crippen LogP contribution in [0.15, 0.2) is 27.2 Å². The van der Waals surface area contributed by atoms with E-state index in [1.54, 1.807) is 6.07 Å². The molecule has 1 aromatic carbocycles. The van der Waals surface area contributed by atoms with Crippen molar-refractivity contribution >= 4 is 15.9 Å². The molecule has 1 aromatic heterocycles. The molecule has 0 radical (unpaired) electrons. The summed E-state index contributed by atoms with van der Waals surface area (Å²) >= 11 is 3.21. The van der Waals surface area contributed by atoms with E-state index >= 15 is 0 Å². The molecule has 0 saturated carbocycles. The highest BCUT2D eigenvalue weighted by atomic mass is 79.9. The molecule has 0 spiro atoms. The third-order valence-electron chi connectivity index (χ3n) is 2.32. The zero-order valence-electron chi connectivity index (χ0n) is 9.15. The molecule has 90 valence electrons. The molecule has 2 rings (SSSR count). The Morgan fingerprint density at radius 3 is 2.88 bits per heavy atom. The van der Waals surface area contributed by atoms with Crippen LogP contribution in [0.3, 0.4) is 0 Å². The monoisotopic (exact) mass is 299 g/mol. The molecule has 1 atom stereocenters. The van der Waals surface area contributed by atoms with Crippen LogP contribution >= 0.6 is 15.9 Å². The zero-order valence-corrected chi connectivity index (χ0v) is 10.7. The molecule has 0 amide bonds. The lowest BCUT2D eigenvalue weighted by molar-refractivity contribution is 0.352. The van der Waals surface area contributed by atoms with E-state index in [9.17, 15) is 4.39 Å². The van der Waals surface area contributed by atoms with Gasteiger partial charge in [0.25, 0.3) is 0 Å². The summed E-state index contributed by atoms with van der Waals surface area (Å²) < 4.78 is 18.9. The minimum atomic E-state index is -0.361. The van der Waals surface area contributed by atoms with Crippen LogP contribution in [0.1, 0.15) is 25.3 Å². The Balaban J connectivity index is 2.36. The number of aromatic nitrogens is 2. The average Bonchev–Trinajstić information content (AvgIpc) is 2.76. The van der Waals surface area contributed by atoms with E-state index in [0.717, 1.165) is 0 Å². The molecule has 6 heteroatoms. The standard InChI is InChI=1S/C11H11BrFN3O/c1-2-9(14)11-15-10(16-17-11)6-3-7(12)5-8(13)4-6/h3-5,9H,2,14H2,1H3. The van der Waals surface area contributed by atoms with E-state index in [0.29, 0.717) is 28.2 Å². The van der Waals surface area contributed by atoms with Gasteiger partial charge in [0.2, 0.25) is 11.7 Å². The fraction of sp³-hybridized carbons (Fsp3) is 0.273. The topological polar surface area (TPSA) is 64.9 Å². The second-order valence-corrected chi connectivity index (χ2v) is 4.54. The fourth-order valence-corrected chi connectivity index (χ4v) is 1.83. The van der Waals surface area contributed by atoms with Crippen molar-refractivity contribution in [2.45, 2.75) is 19.4 Å². The number of benzene rings is 1. The summed E-state index contributed by atoms with van der Waals surface area (Å²) in [5.41, 5.74) is 6.32. The van der Waals surface area contributed by atoms with Crippen LogP contribution in [-0.4, -0.2) is 10.1 Å². The van der Waals surface area contributed by atoms with Crippen LogP contribution in [0.2, 0.25) is 0 Å². The first-order valence-electron chi connectivity index (χ1n) is 5.15. The van der Waals surface area contributed by atoms with Crippen LogP contribution in [0.4, 0.5) is 4.39 Å². The molecule has 0 saturated heterocycles. The van der Waals surface area contributed by atoms with Gasteiger partial charge in [0.05, 0.1) is 6.04 Å². The van der Waals surface area contributed by atoms with E-state index in [2.05, 4.69) is 26.1 Å². The summed E-state index contributed by atoms with van der Waals surface area (Å²) in [6.45, 7) is 1.92. The number of rotatable bonds is 3. The first kappa shape index (κ1) is 12.2. The predicted molar refractivity (Wildman–Crippen MR) is 64.6 cm³/mol. The van der Waals surface area contributed by atoms with Gasteiger partial charge in [-0.3, -0.25) is 0 Å². The fourth-order valence-electron chi connectivity index (χ4n) is 1.36. The van der Waals surface area contributed by atoms with Crippen LogP contribution < -0.4 is 5.73 Å². The third kappa shape index (κ3) is 2.70. The Kier molecular flexibility index (Phi) is 3.54. The van der Waals surface area contributed by atoms with Gasteiger partial charge in [-0.15, -0.1) is 0 Å². The number of hydrogen-bond acceptors (Lipinski definition) is 4. The van der Waals surface area contributed by atoms with Gasteiger partial charge in [0.1, 0.15) is 5.82 Å². The Bertz CT molecular complexity index is 509. The molecule has 0 fully saturated rings. The highest BCUT2D eigenvalue weighted by molar-refractivity contribution is 9.10. The van der Waals surface area contributed by atoms with Crippen LogP contribution in [0.25, 0.3) is 11.4 Å². The molecule has 1 unspecified atom stereocenters. The molecular weight excluding hydrogens is 289 g/mol. The smallest absolute Gasteiger partial charge is 0.243 e. The minimum absolute atomic E-state index is 0.284. The Labute approximate surface area is 106 Å². The third-order valence-corrected chi connectivity index (χ3v) is 2.78. The van der Waals surface area contributed by atoms with Crippen LogP contribution in [0.5, 0.6) is 0 Å². The summed E-state index contributed by atoms with van der Waals surface area (Å²) in [5.74, 6) is 0.340. The number of halogens is 2. The molecule has 17 heavy (non-hydrogen) atoms. The van der Waals surface area contributed by atoms with E-state index in [1.807, 2.05) is 6.92 Å². The molecule has 0 aliphatic rings. The summed E-state index contributed by atoms with van der Waals surface area (Å²) in [5, 5.41) is 3.78. The van der Waals surface area contributed by atoms with Crippen molar-refractivity contribution in [3.8, 4) is 11.4 Å². The maximum absolute atomic E-state index is 13.2. The quantitative estimate of drug-likeness (QED) is 0.946. The molecule has 0 aliphatic carbocycles. The van der Waals surface area contributed by atoms with E-state index in [-0.39, 0.29) is 11.9 Å².